The van der Waals surface area contributed by atoms with Gasteiger partial charge < -0.3 is 0 Å². The van der Waals surface area contributed by atoms with E-state index in [0.717, 1.165) is 11.1 Å². The minimum absolute atomic E-state index is 0. The molecule has 0 aliphatic rings. The number of H-pyrrole nitrogens is 1. The Morgan fingerprint density at radius 3 is 2.70 bits per heavy atom. The highest BCUT2D eigenvalue weighted by atomic mass is 16.1. The summed E-state index contributed by atoms with van der Waals surface area (Å²) in [5.41, 5.74) is 2.54. The average Bonchev–Trinajstić information content (AvgIpc) is 3.02. The lowest BCUT2D eigenvalue weighted by molar-refractivity contribution is 0.813. The van der Waals surface area contributed by atoms with Crippen molar-refractivity contribution in [2.75, 3.05) is 0 Å². The molecule has 0 unspecified atom stereocenters. The van der Waals surface area contributed by atoms with Gasteiger partial charge in [0.15, 0.2) is 5.82 Å². The van der Waals surface area contributed by atoms with Crippen LogP contribution >= 0.6 is 0 Å². The molecule has 20 heavy (non-hydrogen) atoms. The number of nitrogens with one attached hydrogen (secondary N) is 1. The molecule has 0 saturated carbocycles. The third-order valence-electron chi connectivity index (χ3n) is 3.12. The third-order valence-corrected chi connectivity index (χ3v) is 3.12. The van der Waals surface area contributed by atoms with E-state index in [2.05, 4.69) is 15.1 Å². The van der Waals surface area contributed by atoms with Crippen LogP contribution in [0.2, 0.25) is 0 Å². The highest BCUT2D eigenvalue weighted by molar-refractivity contribution is 5.34. The van der Waals surface area contributed by atoms with Crippen molar-refractivity contribution in [3.8, 4) is 11.5 Å². The molecule has 0 spiro atoms. The van der Waals surface area contributed by atoms with E-state index in [-0.39, 0.29) is 13.0 Å². The molecule has 0 bridgehead atoms. The number of nitrogens with zero attached hydrogens (tertiary/aromatic N) is 4. The normalized spacial score (nSPS) is 10.3. The Labute approximate surface area is 116 Å². The molecule has 3 heterocycles. The number of pyridine rings is 1. The van der Waals surface area contributed by atoms with Crippen molar-refractivity contribution in [2.45, 2.75) is 21.3 Å². The van der Waals surface area contributed by atoms with Gasteiger partial charge in [-0.3, -0.25) is 14.5 Å². The minimum atomic E-state index is -0.159. The Bertz CT molecular complexity index is 767. The van der Waals surface area contributed by atoms with Crippen molar-refractivity contribution in [3.05, 3.63) is 58.7 Å². The van der Waals surface area contributed by atoms with Gasteiger partial charge >= 0.3 is 0 Å². The van der Waals surface area contributed by atoms with Crippen LogP contribution in [-0.2, 0) is 0 Å². The molecule has 1 N–H and O–H groups in total. The number of aryl methyl sites for hydroxylation is 2. The zero-order valence-corrected chi connectivity index (χ0v) is 10.7. The van der Waals surface area contributed by atoms with E-state index in [1.165, 1.54) is 4.68 Å². The van der Waals surface area contributed by atoms with Gasteiger partial charge in [-0.2, -0.15) is 4.68 Å². The molecular weight excluding hydrogens is 254 g/mol. The fraction of sp³-hybridized carbons (Fsp3) is 0.214. The fourth-order valence-electron chi connectivity index (χ4n) is 1.85. The summed E-state index contributed by atoms with van der Waals surface area (Å²) in [4.78, 5) is 20.5. The zero-order chi connectivity index (χ0) is 13.4. The lowest BCUT2D eigenvalue weighted by Gasteiger charge is -2.03. The van der Waals surface area contributed by atoms with Gasteiger partial charge in [0.25, 0.3) is 5.56 Å². The molecule has 0 aromatic carbocycles. The first-order valence-electron chi connectivity index (χ1n) is 5.89. The van der Waals surface area contributed by atoms with E-state index in [0.29, 0.717) is 11.5 Å². The second-order valence-electron chi connectivity index (χ2n) is 4.40. The number of aromatic nitrogens is 5. The lowest BCUT2D eigenvalue weighted by atomic mass is 10.2. The number of aromatic amines is 1. The summed E-state index contributed by atoms with van der Waals surface area (Å²) in [5, 5.41) is 2.92. The molecule has 6 nitrogen and oxygen atoms in total. The summed E-state index contributed by atoms with van der Waals surface area (Å²) in [6.07, 6.45) is 8.34. The molecule has 0 fully saturated rings. The van der Waals surface area contributed by atoms with E-state index in [9.17, 15) is 4.79 Å². The first-order valence-corrected chi connectivity index (χ1v) is 5.89. The van der Waals surface area contributed by atoms with Gasteiger partial charge in [0.1, 0.15) is 5.69 Å². The molecular formula is C14H17N5O. The van der Waals surface area contributed by atoms with Gasteiger partial charge in [-0.1, -0.05) is 7.43 Å². The molecule has 3 aromatic rings. The summed E-state index contributed by atoms with van der Waals surface area (Å²) in [7, 11) is 0. The maximum absolute atomic E-state index is 12.3. The first kappa shape index (κ1) is 13.8. The van der Waals surface area contributed by atoms with Crippen LogP contribution in [0.5, 0.6) is 0 Å². The maximum Gasteiger partial charge on any atom is 0.296 e. The van der Waals surface area contributed by atoms with Crippen LogP contribution in [0.3, 0.4) is 0 Å². The van der Waals surface area contributed by atoms with Gasteiger partial charge in [0, 0.05) is 24.8 Å². The van der Waals surface area contributed by atoms with E-state index >= 15 is 0 Å². The van der Waals surface area contributed by atoms with Crippen molar-refractivity contribution < 1.29 is 0 Å². The lowest BCUT2D eigenvalue weighted by Crippen LogP contribution is -2.19. The molecule has 3 aromatic heterocycles. The SMILES string of the molecule is C.Cc1cnc(-n2[nH]cc(-n3ccnc3)c2=O)cc1C. The van der Waals surface area contributed by atoms with Crippen LogP contribution in [0.4, 0.5) is 0 Å². The first-order chi connectivity index (χ1) is 9.16. The molecule has 0 aliphatic carbocycles. The summed E-state index contributed by atoms with van der Waals surface area (Å²) in [6.45, 7) is 3.98. The highest BCUT2D eigenvalue weighted by Crippen LogP contribution is 2.09. The van der Waals surface area contributed by atoms with Gasteiger partial charge in [-0.15, -0.1) is 0 Å². The Morgan fingerprint density at radius 2 is 2.05 bits per heavy atom. The molecule has 0 aliphatic heterocycles. The smallest absolute Gasteiger partial charge is 0.296 e. The second-order valence-corrected chi connectivity index (χ2v) is 4.40. The monoisotopic (exact) mass is 271 g/mol. The molecule has 6 heteroatoms. The van der Waals surface area contributed by atoms with Crippen molar-refractivity contribution >= 4 is 0 Å². The van der Waals surface area contributed by atoms with Gasteiger partial charge in [-0.25, -0.2) is 9.97 Å². The summed E-state index contributed by atoms with van der Waals surface area (Å²) >= 11 is 0. The summed E-state index contributed by atoms with van der Waals surface area (Å²) in [5.74, 6) is 0.583. The van der Waals surface area contributed by atoms with Crippen LogP contribution in [0.25, 0.3) is 11.5 Å². The second kappa shape index (κ2) is 5.16. The van der Waals surface area contributed by atoms with Gasteiger partial charge in [0.05, 0.1) is 6.33 Å². The zero-order valence-electron chi connectivity index (χ0n) is 10.7. The number of imidazole rings is 1. The van der Waals surface area contributed by atoms with E-state index in [1.54, 1.807) is 35.7 Å². The average molecular weight is 271 g/mol. The molecule has 0 saturated heterocycles. The van der Waals surface area contributed by atoms with Crippen LogP contribution < -0.4 is 5.56 Å². The minimum Gasteiger partial charge on any atom is -0.300 e. The van der Waals surface area contributed by atoms with Crippen LogP contribution in [0.15, 0.2) is 42.0 Å². The van der Waals surface area contributed by atoms with Crippen molar-refractivity contribution in [3.63, 3.8) is 0 Å². The predicted octanol–water partition coefficient (Wildman–Crippen LogP) is 2.00. The quantitative estimate of drug-likeness (QED) is 0.775. The predicted molar refractivity (Wildman–Crippen MR) is 77.5 cm³/mol. The summed E-state index contributed by atoms with van der Waals surface area (Å²) < 4.78 is 3.08. The standard InChI is InChI=1S/C13H13N5O.CH4/c1-9-5-12(15-6-10(9)2)18-13(19)11(7-16-18)17-4-3-14-8-17;/h3-8,16H,1-2H3;1H4. The van der Waals surface area contributed by atoms with Crippen LogP contribution in [0.1, 0.15) is 18.6 Å². The Kier molecular flexibility index (Phi) is 3.56. The van der Waals surface area contributed by atoms with Crippen LogP contribution in [0, 0.1) is 13.8 Å². The van der Waals surface area contributed by atoms with Crippen molar-refractivity contribution in [1.29, 1.82) is 0 Å². The molecule has 0 amide bonds. The molecule has 3 rings (SSSR count). The van der Waals surface area contributed by atoms with E-state index in [4.69, 9.17) is 0 Å². The number of rotatable bonds is 2. The summed E-state index contributed by atoms with van der Waals surface area (Å²) in [6, 6.07) is 1.88. The Hall–Kier alpha value is -2.63. The van der Waals surface area contributed by atoms with Gasteiger partial charge in [-0.05, 0) is 31.0 Å². The van der Waals surface area contributed by atoms with Crippen LogP contribution in [-0.4, -0.2) is 24.3 Å². The number of hydrogen-bond donors (Lipinski definition) is 1. The third kappa shape index (κ3) is 2.16. The number of hydrogen-bond acceptors (Lipinski definition) is 3. The topological polar surface area (TPSA) is 68.5 Å². The van der Waals surface area contributed by atoms with Gasteiger partial charge in [0.2, 0.25) is 0 Å². The van der Waals surface area contributed by atoms with E-state index < -0.39 is 0 Å². The highest BCUT2D eigenvalue weighted by Gasteiger charge is 2.10. The van der Waals surface area contributed by atoms with E-state index in [1.807, 2.05) is 19.9 Å². The van der Waals surface area contributed by atoms with Crippen molar-refractivity contribution in [2.24, 2.45) is 0 Å². The Morgan fingerprint density at radius 1 is 1.25 bits per heavy atom. The fourth-order valence-corrected chi connectivity index (χ4v) is 1.85. The molecule has 0 radical (unpaired) electrons. The molecule has 104 valence electrons. The largest absolute Gasteiger partial charge is 0.300 e. The Balaban J connectivity index is 0.00000147. The van der Waals surface area contributed by atoms with Crippen molar-refractivity contribution in [1.82, 2.24) is 24.3 Å². The maximum atomic E-state index is 12.3. The molecule has 0 atom stereocenters.